The highest BCUT2D eigenvalue weighted by atomic mass is 19.1. The third-order valence-corrected chi connectivity index (χ3v) is 6.16. The van der Waals surface area contributed by atoms with Gasteiger partial charge in [0.2, 0.25) is 0 Å². The Hall–Kier alpha value is -3.43. The summed E-state index contributed by atoms with van der Waals surface area (Å²) in [5.41, 5.74) is 0.337. The van der Waals surface area contributed by atoms with Gasteiger partial charge in [0, 0.05) is 32.2 Å². The number of likely N-dealkylation sites (tertiary alicyclic amines) is 1. The van der Waals surface area contributed by atoms with E-state index in [0.29, 0.717) is 30.9 Å². The number of hydrogen-bond donors (Lipinski definition) is 2. The van der Waals surface area contributed by atoms with E-state index in [0.717, 1.165) is 19.6 Å². The van der Waals surface area contributed by atoms with Crippen LogP contribution in [0.2, 0.25) is 0 Å². The Morgan fingerprint density at radius 2 is 1.82 bits per heavy atom. The predicted molar refractivity (Wildman–Crippen MR) is 122 cm³/mol. The molecule has 2 heterocycles. The van der Waals surface area contributed by atoms with Crippen LogP contribution in [0.5, 0.6) is 11.5 Å². The van der Waals surface area contributed by atoms with Gasteiger partial charge in [0.1, 0.15) is 23.1 Å². The first-order valence-electron chi connectivity index (χ1n) is 11.1. The van der Waals surface area contributed by atoms with Crippen molar-refractivity contribution in [1.29, 1.82) is 0 Å². The number of carbonyl (C=O) groups excluding carboxylic acids is 2. The monoisotopic (exact) mass is 470 g/mol. The zero-order chi connectivity index (χ0) is 24.2. The fraction of sp³-hybridized carbons (Fsp3) is 0.360. The molecule has 0 aliphatic carbocycles. The second-order valence-corrected chi connectivity index (χ2v) is 8.23. The molecule has 9 heteroatoms. The summed E-state index contributed by atoms with van der Waals surface area (Å²) in [6.07, 6.45) is 0.610. The average Bonchev–Trinajstić information content (AvgIpc) is 3.09. The lowest BCUT2D eigenvalue weighted by atomic mass is 9.95. The van der Waals surface area contributed by atoms with Gasteiger partial charge in [-0.05, 0) is 36.2 Å². The van der Waals surface area contributed by atoms with E-state index in [1.807, 2.05) is 0 Å². The van der Waals surface area contributed by atoms with Crippen LogP contribution < -0.4 is 4.74 Å². The number of carbonyl (C=O) groups is 2. The summed E-state index contributed by atoms with van der Waals surface area (Å²) in [6, 6.07) is 8.80. The number of halogens is 1. The SMILES string of the molecule is COc1ccc(C(O)=C2C(=O)C(=O)N(CCCN3CCOCC3)C2c2ccc(F)cc2)c(O)c1. The topological polar surface area (TPSA) is 99.5 Å². The smallest absolute Gasteiger partial charge is 0.295 e. The highest BCUT2D eigenvalue weighted by molar-refractivity contribution is 6.46. The van der Waals surface area contributed by atoms with Crippen molar-refractivity contribution >= 4 is 17.4 Å². The Bertz CT molecular complexity index is 1100. The van der Waals surface area contributed by atoms with Gasteiger partial charge in [0.15, 0.2) is 0 Å². The van der Waals surface area contributed by atoms with Gasteiger partial charge in [-0.3, -0.25) is 14.5 Å². The van der Waals surface area contributed by atoms with Crippen molar-refractivity contribution in [3.63, 3.8) is 0 Å². The summed E-state index contributed by atoms with van der Waals surface area (Å²) in [5.74, 6) is -2.48. The van der Waals surface area contributed by atoms with Gasteiger partial charge in [-0.25, -0.2) is 4.39 Å². The minimum Gasteiger partial charge on any atom is -0.507 e. The summed E-state index contributed by atoms with van der Waals surface area (Å²) in [7, 11) is 1.44. The first kappa shape index (κ1) is 23.7. The molecule has 0 radical (unpaired) electrons. The Balaban J connectivity index is 1.69. The average molecular weight is 470 g/mol. The number of Topliss-reactive ketones (excluding diaryl/α,β-unsaturated/α-hetero) is 1. The summed E-state index contributed by atoms with van der Waals surface area (Å²) in [4.78, 5) is 29.7. The van der Waals surface area contributed by atoms with E-state index in [2.05, 4.69) is 4.90 Å². The second-order valence-electron chi connectivity index (χ2n) is 8.23. The number of hydrogen-bond acceptors (Lipinski definition) is 7. The number of rotatable bonds is 7. The Morgan fingerprint density at radius 3 is 2.47 bits per heavy atom. The lowest BCUT2D eigenvalue weighted by molar-refractivity contribution is -0.140. The molecule has 34 heavy (non-hydrogen) atoms. The lowest BCUT2D eigenvalue weighted by Crippen LogP contribution is -2.38. The molecule has 2 aromatic carbocycles. The summed E-state index contributed by atoms with van der Waals surface area (Å²) < 4.78 is 24.0. The molecule has 0 bridgehead atoms. The number of nitrogens with zero attached hydrogens (tertiary/aromatic N) is 2. The molecule has 2 saturated heterocycles. The first-order valence-corrected chi connectivity index (χ1v) is 11.1. The molecule has 1 amide bonds. The molecular weight excluding hydrogens is 443 g/mol. The van der Waals surface area contributed by atoms with Crippen molar-refractivity contribution in [2.45, 2.75) is 12.5 Å². The van der Waals surface area contributed by atoms with E-state index >= 15 is 0 Å². The molecule has 2 aliphatic heterocycles. The van der Waals surface area contributed by atoms with E-state index in [4.69, 9.17) is 9.47 Å². The number of morpholine rings is 1. The summed E-state index contributed by atoms with van der Waals surface area (Å²) in [6.45, 7) is 3.92. The Labute approximate surface area is 196 Å². The van der Waals surface area contributed by atoms with Crippen LogP contribution in [0.4, 0.5) is 4.39 Å². The number of phenols is 1. The molecule has 1 unspecified atom stereocenters. The number of ether oxygens (including phenoxy) is 2. The van der Waals surface area contributed by atoms with E-state index in [-0.39, 0.29) is 23.4 Å². The zero-order valence-corrected chi connectivity index (χ0v) is 18.9. The summed E-state index contributed by atoms with van der Waals surface area (Å²) in [5, 5.41) is 21.5. The van der Waals surface area contributed by atoms with Crippen molar-refractivity contribution in [1.82, 2.24) is 9.80 Å². The molecule has 1 atom stereocenters. The van der Waals surface area contributed by atoms with E-state index in [9.17, 15) is 24.2 Å². The van der Waals surface area contributed by atoms with Gasteiger partial charge >= 0.3 is 0 Å². The molecule has 4 rings (SSSR count). The Morgan fingerprint density at radius 1 is 1.12 bits per heavy atom. The molecule has 0 saturated carbocycles. The standard InChI is InChI=1S/C25H27FN2O6/c1-33-18-7-8-19(20(29)15-18)23(30)21-22(16-3-5-17(26)6-4-16)28(25(32)24(21)31)10-2-9-27-11-13-34-14-12-27/h3-8,15,22,29-30H,2,9-14H2,1H3. The molecule has 8 nitrogen and oxygen atoms in total. The van der Waals surface area contributed by atoms with E-state index < -0.39 is 29.3 Å². The van der Waals surface area contributed by atoms with Crippen LogP contribution in [0, 0.1) is 5.82 Å². The molecule has 2 fully saturated rings. The predicted octanol–water partition coefficient (Wildman–Crippen LogP) is 2.68. The minimum atomic E-state index is -0.910. The largest absolute Gasteiger partial charge is 0.507 e. The number of phenolic OH excluding ortho intramolecular Hbond substituents is 1. The van der Waals surface area contributed by atoms with Gasteiger partial charge in [0.05, 0.1) is 37.5 Å². The van der Waals surface area contributed by atoms with Crippen LogP contribution >= 0.6 is 0 Å². The molecule has 180 valence electrons. The molecule has 2 N–H and O–H groups in total. The van der Waals surface area contributed by atoms with Crippen LogP contribution in [0.15, 0.2) is 48.0 Å². The molecule has 0 aromatic heterocycles. The number of methoxy groups -OCH3 is 1. The third kappa shape index (κ3) is 4.76. The van der Waals surface area contributed by atoms with Crippen LogP contribution in [-0.2, 0) is 14.3 Å². The molecule has 0 spiro atoms. The van der Waals surface area contributed by atoms with Crippen LogP contribution in [0.25, 0.3) is 5.76 Å². The number of amides is 1. The maximum atomic E-state index is 13.6. The van der Waals surface area contributed by atoms with Crippen molar-refractivity contribution in [2.75, 3.05) is 46.5 Å². The number of aliphatic hydroxyl groups excluding tert-OH is 1. The normalized spacial score (nSPS) is 20.6. The van der Waals surface area contributed by atoms with Gasteiger partial charge in [0.25, 0.3) is 11.7 Å². The van der Waals surface area contributed by atoms with Gasteiger partial charge < -0.3 is 24.6 Å². The van der Waals surface area contributed by atoms with Crippen molar-refractivity contribution in [3.05, 3.63) is 65.0 Å². The van der Waals surface area contributed by atoms with Gasteiger partial charge in [-0.2, -0.15) is 0 Å². The zero-order valence-electron chi connectivity index (χ0n) is 18.9. The van der Waals surface area contributed by atoms with Crippen molar-refractivity contribution in [3.8, 4) is 11.5 Å². The van der Waals surface area contributed by atoms with E-state index in [1.165, 1.54) is 54.5 Å². The highest BCUT2D eigenvalue weighted by Crippen LogP contribution is 2.41. The number of ketones is 1. The minimum absolute atomic E-state index is 0.000714. The summed E-state index contributed by atoms with van der Waals surface area (Å²) >= 11 is 0. The fourth-order valence-electron chi connectivity index (χ4n) is 4.38. The maximum Gasteiger partial charge on any atom is 0.295 e. The second kappa shape index (κ2) is 10.2. The maximum absolute atomic E-state index is 13.6. The fourth-order valence-corrected chi connectivity index (χ4v) is 4.38. The van der Waals surface area contributed by atoms with Gasteiger partial charge in [-0.15, -0.1) is 0 Å². The molecule has 2 aromatic rings. The number of benzene rings is 2. The van der Waals surface area contributed by atoms with Gasteiger partial charge in [-0.1, -0.05) is 12.1 Å². The van der Waals surface area contributed by atoms with Crippen molar-refractivity contribution < 1.29 is 33.7 Å². The molecule has 2 aliphatic rings. The number of aliphatic hydroxyl groups is 1. The molecular formula is C25H27FN2O6. The number of aromatic hydroxyl groups is 1. The third-order valence-electron chi connectivity index (χ3n) is 6.16. The van der Waals surface area contributed by atoms with E-state index in [1.54, 1.807) is 0 Å². The van der Waals surface area contributed by atoms with Crippen LogP contribution in [0.1, 0.15) is 23.6 Å². The van der Waals surface area contributed by atoms with Crippen LogP contribution in [0.3, 0.4) is 0 Å². The highest BCUT2D eigenvalue weighted by Gasteiger charge is 2.46. The Kier molecular flexibility index (Phi) is 7.14. The quantitative estimate of drug-likeness (QED) is 0.365. The lowest BCUT2D eigenvalue weighted by Gasteiger charge is -2.29. The van der Waals surface area contributed by atoms with Crippen molar-refractivity contribution in [2.24, 2.45) is 0 Å². The first-order chi connectivity index (χ1) is 16.4. The van der Waals surface area contributed by atoms with Crippen LogP contribution in [-0.4, -0.2) is 78.2 Å².